The van der Waals surface area contributed by atoms with E-state index in [0.717, 1.165) is 31.4 Å². The molecule has 0 radical (unpaired) electrons. The lowest BCUT2D eigenvalue weighted by atomic mass is 10.1. The minimum atomic E-state index is -0.358. The van der Waals surface area contributed by atoms with Gasteiger partial charge < -0.3 is 15.0 Å². The van der Waals surface area contributed by atoms with Gasteiger partial charge in [0.25, 0.3) is 5.91 Å². The van der Waals surface area contributed by atoms with Crippen molar-refractivity contribution in [1.29, 1.82) is 0 Å². The van der Waals surface area contributed by atoms with E-state index in [2.05, 4.69) is 5.32 Å². The van der Waals surface area contributed by atoms with Crippen molar-refractivity contribution in [3.63, 3.8) is 0 Å². The van der Waals surface area contributed by atoms with Crippen LogP contribution in [0.1, 0.15) is 58.9 Å². The second-order valence-corrected chi connectivity index (χ2v) is 7.14. The summed E-state index contributed by atoms with van der Waals surface area (Å²) in [5.74, 6) is -0.403. The highest BCUT2D eigenvalue weighted by Gasteiger charge is 2.20. The van der Waals surface area contributed by atoms with Gasteiger partial charge in [0.05, 0.1) is 12.2 Å². The van der Waals surface area contributed by atoms with E-state index in [9.17, 15) is 14.4 Å². The van der Waals surface area contributed by atoms with Gasteiger partial charge in [-0.25, -0.2) is 4.79 Å². The van der Waals surface area contributed by atoms with Gasteiger partial charge in [-0.3, -0.25) is 9.59 Å². The van der Waals surface area contributed by atoms with E-state index >= 15 is 0 Å². The van der Waals surface area contributed by atoms with Crippen LogP contribution in [0.25, 0.3) is 0 Å². The second-order valence-electron chi connectivity index (χ2n) is 7.14. The number of ether oxygens (including phenoxy) is 1. The molecule has 0 saturated carbocycles. The van der Waals surface area contributed by atoms with Crippen molar-refractivity contribution in [2.24, 2.45) is 0 Å². The van der Waals surface area contributed by atoms with Crippen LogP contribution in [0.4, 0.5) is 5.69 Å². The van der Waals surface area contributed by atoms with Gasteiger partial charge >= 0.3 is 5.97 Å². The molecule has 29 heavy (non-hydrogen) atoms. The summed E-state index contributed by atoms with van der Waals surface area (Å²) in [6.45, 7) is 3.82. The van der Waals surface area contributed by atoms with Gasteiger partial charge in [-0.05, 0) is 54.8 Å². The number of esters is 1. The number of amides is 2. The van der Waals surface area contributed by atoms with E-state index in [-0.39, 0.29) is 17.8 Å². The predicted molar refractivity (Wildman–Crippen MR) is 111 cm³/mol. The number of benzene rings is 2. The molecule has 1 heterocycles. The van der Waals surface area contributed by atoms with Gasteiger partial charge in [-0.15, -0.1) is 0 Å². The summed E-state index contributed by atoms with van der Waals surface area (Å²) in [6.07, 6.45) is 3.34. The first kappa shape index (κ1) is 20.6. The van der Waals surface area contributed by atoms with Crippen LogP contribution in [-0.4, -0.2) is 35.8 Å². The van der Waals surface area contributed by atoms with Gasteiger partial charge in [-0.1, -0.05) is 25.5 Å². The lowest BCUT2D eigenvalue weighted by molar-refractivity contribution is -0.128. The Kier molecular flexibility index (Phi) is 7.00. The zero-order valence-electron chi connectivity index (χ0n) is 16.6. The van der Waals surface area contributed by atoms with Crippen LogP contribution < -0.4 is 5.32 Å². The third-order valence-corrected chi connectivity index (χ3v) is 4.87. The van der Waals surface area contributed by atoms with E-state index in [1.807, 2.05) is 24.0 Å². The van der Waals surface area contributed by atoms with Crippen LogP contribution in [0.3, 0.4) is 0 Å². The number of rotatable bonds is 8. The Morgan fingerprint density at radius 2 is 1.72 bits per heavy atom. The number of nitrogens with one attached hydrogen (secondary N) is 1. The highest BCUT2D eigenvalue weighted by molar-refractivity contribution is 6.04. The molecule has 152 valence electrons. The number of likely N-dealkylation sites (tertiary alicyclic amines) is 1. The highest BCUT2D eigenvalue weighted by atomic mass is 16.5. The summed E-state index contributed by atoms with van der Waals surface area (Å²) in [4.78, 5) is 37.9. The minimum Gasteiger partial charge on any atom is -0.462 e. The minimum absolute atomic E-state index is 0.185. The third-order valence-electron chi connectivity index (χ3n) is 4.87. The Bertz CT molecular complexity index is 859. The molecule has 2 aromatic carbocycles. The van der Waals surface area contributed by atoms with Crippen molar-refractivity contribution in [3.05, 3.63) is 65.2 Å². The number of hydrogen-bond donors (Lipinski definition) is 1. The topological polar surface area (TPSA) is 75.7 Å². The molecular formula is C23H26N2O4. The highest BCUT2D eigenvalue weighted by Crippen LogP contribution is 2.16. The Morgan fingerprint density at radius 1 is 1.03 bits per heavy atom. The fraction of sp³-hybridized carbons (Fsp3) is 0.348. The smallest absolute Gasteiger partial charge is 0.338 e. The molecular weight excluding hydrogens is 368 g/mol. The van der Waals surface area contributed by atoms with Crippen molar-refractivity contribution >= 4 is 23.5 Å². The molecule has 0 aliphatic carbocycles. The number of nitrogens with zero attached hydrogens (tertiary/aromatic N) is 1. The standard InChI is InChI=1S/C23H26N2O4/c1-2-3-15-29-23(28)19-10-12-20(13-11-19)24-22(27)18-8-6-17(7-9-18)16-25-14-4-5-21(25)26/h6-13H,2-5,14-16H2,1H3,(H,24,27). The van der Waals surface area contributed by atoms with Gasteiger partial charge in [0.1, 0.15) is 0 Å². The number of hydrogen-bond acceptors (Lipinski definition) is 4. The molecule has 0 unspecified atom stereocenters. The molecule has 1 aliphatic rings. The lowest BCUT2D eigenvalue weighted by Crippen LogP contribution is -2.23. The third kappa shape index (κ3) is 5.67. The fourth-order valence-corrected chi connectivity index (χ4v) is 3.14. The molecule has 0 spiro atoms. The maximum atomic E-state index is 12.4. The van der Waals surface area contributed by atoms with E-state index in [4.69, 9.17) is 4.74 Å². The monoisotopic (exact) mass is 394 g/mol. The van der Waals surface area contributed by atoms with Crippen LogP contribution in [-0.2, 0) is 16.1 Å². The van der Waals surface area contributed by atoms with Gasteiger partial charge in [0.2, 0.25) is 5.91 Å². The zero-order chi connectivity index (χ0) is 20.6. The molecule has 6 heteroatoms. The molecule has 0 bridgehead atoms. The largest absolute Gasteiger partial charge is 0.462 e. The first-order chi connectivity index (χ1) is 14.1. The van der Waals surface area contributed by atoms with E-state index in [0.29, 0.717) is 36.4 Å². The van der Waals surface area contributed by atoms with Gasteiger partial charge in [-0.2, -0.15) is 0 Å². The van der Waals surface area contributed by atoms with E-state index in [1.54, 1.807) is 36.4 Å². The number of carbonyl (C=O) groups excluding carboxylic acids is 3. The SMILES string of the molecule is CCCCOC(=O)c1ccc(NC(=O)c2ccc(CN3CCCC3=O)cc2)cc1. The first-order valence-corrected chi connectivity index (χ1v) is 10.0. The molecule has 3 rings (SSSR count). The summed E-state index contributed by atoms with van der Waals surface area (Å²) in [7, 11) is 0. The van der Waals surface area contributed by atoms with Gasteiger partial charge in [0, 0.05) is 30.8 Å². The summed E-state index contributed by atoms with van der Waals surface area (Å²) in [5.41, 5.74) is 2.60. The molecule has 2 amide bonds. The van der Waals surface area contributed by atoms with Crippen LogP contribution in [0, 0.1) is 0 Å². The van der Waals surface area contributed by atoms with Crippen LogP contribution in [0.15, 0.2) is 48.5 Å². The molecule has 1 saturated heterocycles. The Balaban J connectivity index is 1.54. The maximum absolute atomic E-state index is 12.4. The zero-order valence-corrected chi connectivity index (χ0v) is 16.6. The van der Waals surface area contributed by atoms with Crippen LogP contribution in [0.5, 0.6) is 0 Å². The average Bonchev–Trinajstić information content (AvgIpc) is 3.13. The van der Waals surface area contributed by atoms with Crippen molar-refractivity contribution in [2.75, 3.05) is 18.5 Å². The van der Waals surface area contributed by atoms with E-state index < -0.39 is 0 Å². The summed E-state index contributed by atoms with van der Waals surface area (Å²) in [6, 6.07) is 13.9. The molecule has 0 aromatic heterocycles. The Morgan fingerprint density at radius 3 is 2.34 bits per heavy atom. The number of carbonyl (C=O) groups is 3. The Labute approximate surface area is 170 Å². The predicted octanol–water partition coefficient (Wildman–Crippen LogP) is 4.02. The average molecular weight is 394 g/mol. The normalized spacial score (nSPS) is 13.4. The first-order valence-electron chi connectivity index (χ1n) is 10.0. The fourth-order valence-electron chi connectivity index (χ4n) is 3.14. The number of unbranched alkanes of at least 4 members (excludes halogenated alkanes) is 1. The van der Waals surface area contributed by atoms with Crippen LogP contribution >= 0.6 is 0 Å². The summed E-state index contributed by atoms with van der Waals surface area (Å²) >= 11 is 0. The van der Waals surface area contributed by atoms with Crippen molar-refractivity contribution < 1.29 is 19.1 Å². The maximum Gasteiger partial charge on any atom is 0.338 e. The Hall–Kier alpha value is -3.15. The molecule has 0 atom stereocenters. The molecule has 1 N–H and O–H groups in total. The summed E-state index contributed by atoms with van der Waals surface area (Å²) < 4.78 is 5.17. The summed E-state index contributed by atoms with van der Waals surface area (Å²) in [5, 5.41) is 2.82. The lowest BCUT2D eigenvalue weighted by Gasteiger charge is -2.15. The second kappa shape index (κ2) is 9.87. The molecule has 6 nitrogen and oxygen atoms in total. The van der Waals surface area contributed by atoms with Crippen molar-refractivity contribution in [2.45, 2.75) is 39.2 Å². The van der Waals surface area contributed by atoms with E-state index in [1.165, 1.54) is 0 Å². The molecule has 2 aromatic rings. The van der Waals surface area contributed by atoms with Crippen LogP contribution in [0.2, 0.25) is 0 Å². The van der Waals surface area contributed by atoms with Crippen molar-refractivity contribution in [1.82, 2.24) is 4.90 Å². The molecule has 1 aliphatic heterocycles. The van der Waals surface area contributed by atoms with Crippen molar-refractivity contribution in [3.8, 4) is 0 Å². The van der Waals surface area contributed by atoms with Gasteiger partial charge in [0.15, 0.2) is 0 Å². The number of anilines is 1. The molecule has 1 fully saturated rings. The quantitative estimate of drug-likeness (QED) is 0.542.